The Labute approximate surface area is 84.9 Å². The maximum absolute atomic E-state index is 5.44. The molecule has 4 nitrogen and oxygen atoms in total. The maximum Gasteiger partial charge on any atom is 0.149 e. The van der Waals surface area contributed by atoms with Gasteiger partial charge in [0.2, 0.25) is 0 Å². The van der Waals surface area contributed by atoms with Crippen molar-refractivity contribution in [3.05, 3.63) is 12.1 Å². The number of nitrogens with zero attached hydrogens (tertiary/aromatic N) is 2. The zero-order valence-corrected chi connectivity index (χ0v) is 8.99. The molecule has 3 N–H and O–H groups in total. The second-order valence-corrected chi connectivity index (χ2v) is 3.66. The van der Waals surface area contributed by atoms with Crippen molar-refractivity contribution in [2.45, 2.75) is 33.2 Å². The zero-order valence-electron chi connectivity index (χ0n) is 8.99. The minimum absolute atomic E-state index is 0.401. The van der Waals surface area contributed by atoms with Gasteiger partial charge in [0.05, 0.1) is 0 Å². The van der Waals surface area contributed by atoms with Gasteiger partial charge < -0.3 is 11.1 Å². The molecule has 0 fully saturated rings. The van der Waals surface area contributed by atoms with Gasteiger partial charge in [0.1, 0.15) is 11.6 Å². The Balaban J connectivity index is 2.56. The zero-order chi connectivity index (χ0) is 10.6. The Morgan fingerprint density at radius 3 is 2.57 bits per heavy atom. The van der Waals surface area contributed by atoms with Crippen molar-refractivity contribution in [1.29, 1.82) is 0 Å². The third-order valence-corrected chi connectivity index (χ3v) is 2.56. The second kappa shape index (κ2) is 4.79. The average Bonchev–Trinajstić information content (AvgIpc) is 2.20. The van der Waals surface area contributed by atoms with Crippen LogP contribution in [0.5, 0.6) is 0 Å². The molecule has 0 saturated carbocycles. The lowest BCUT2D eigenvalue weighted by Gasteiger charge is -2.19. The summed E-state index contributed by atoms with van der Waals surface area (Å²) in [4.78, 5) is 0. The summed E-state index contributed by atoms with van der Waals surface area (Å²) >= 11 is 0. The highest BCUT2D eigenvalue weighted by molar-refractivity contribution is 5.39. The van der Waals surface area contributed by atoms with Gasteiger partial charge in [0.15, 0.2) is 0 Å². The normalized spacial score (nSPS) is 14.8. The van der Waals surface area contributed by atoms with Crippen molar-refractivity contribution >= 4 is 11.6 Å². The van der Waals surface area contributed by atoms with Crippen LogP contribution in [0.1, 0.15) is 27.2 Å². The minimum atomic E-state index is 0.401. The Morgan fingerprint density at radius 1 is 1.36 bits per heavy atom. The number of nitrogen functional groups attached to an aromatic ring is 1. The van der Waals surface area contributed by atoms with E-state index in [9.17, 15) is 0 Å². The van der Waals surface area contributed by atoms with Crippen LogP contribution in [0, 0.1) is 5.92 Å². The fourth-order valence-electron chi connectivity index (χ4n) is 1.15. The molecular formula is C10H18N4. The first-order chi connectivity index (χ1) is 6.63. The first-order valence-corrected chi connectivity index (χ1v) is 4.99. The van der Waals surface area contributed by atoms with E-state index in [1.165, 1.54) is 0 Å². The van der Waals surface area contributed by atoms with E-state index in [1.807, 2.05) is 6.07 Å². The molecular weight excluding hydrogens is 176 g/mol. The highest BCUT2D eigenvalue weighted by Gasteiger charge is 2.09. The lowest BCUT2D eigenvalue weighted by molar-refractivity contribution is 0.493. The summed E-state index contributed by atoms with van der Waals surface area (Å²) in [6, 6.07) is 4.00. The molecule has 0 aromatic carbocycles. The molecule has 2 unspecified atom stereocenters. The largest absolute Gasteiger partial charge is 0.382 e. The van der Waals surface area contributed by atoms with E-state index in [2.05, 4.69) is 36.3 Å². The predicted octanol–water partition coefficient (Wildman–Crippen LogP) is 1.91. The molecule has 1 heterocycles. The molecule has 1 rings (SSSR count). The van der Waals surface area contributed by atoms with Gasteiger partial charge >= 0.3 is 0 Å². The summed E-state index contributed by atoms with van der Waals surface area (Å²) in [5.41, 5.74) is 5.44. The van der Waals surface area contributed by atoms with Crippen molar-refractivity contribution in [1.82, 2.24) is 10.2 Å². The number of hydrogen-bond acceptors (Lipinski definition) is 4. The molecule has 2 atom stereocenters. The van der Waals surface area contributed by atoms with Gasteiger partial charge in [-0.2, -0.15) is 0 Å². The molecule has 0 aliphatic carbocycles. The fraction of sp³-hybridized carbons (Fsp3) is 0.600. The fourth-order valence-corrected chi connectivity index (χ4v) is 1.15. The highest BCUT2D eigenvalue weighted by atomic mass is 15.2. The number of aromatic nitrogens is 2. The number of nitrogens with two attached hydrogens (primary N) is 1. The highest BCUT2D eigenvalue weighted by Crippen LogP contribution is 2.12. The van der Waals surface area contributed by atoms with Crippen LogP contribution in [-0.4, -0.2) is 16.2 Å². The SMILES string of the molecule is CCC(C)C(C)Nc1ccc(N)nn1. The van der Waals surface area contributed by atoms with Crippen molar-refractivity contribution in [3.63, 3.8) is 0 Å². The molecule has 0 saturated heterocycles. The molecule has 1 aromatic heterocycles. The lowest BCUT2D eigenvalue weighted by atomic mass is 10.0. The smallest absolute Gasteiger partial charge is 0.149 e. The van der Waals surface area contributed by atoms with Crippen LogP contribution in [0.15, 0.2) is 12.1 Å². The molecule has 0 aliphatic heterocycles. The van der Waals surface area contributed by atoms with Crippen LogP contribution < -0.4 is 11.1 Å². The van der Waals surface area contributed by atoms with Crippen LogP contribution in [0.25, 0.3) is 0 Å². The van der Waals surface area contributed by atoms with Crippen LogP contribution in [0.4, 0.5) is 11.6 Å². The third-order valence-electron chi connectivity index (χ3n) is 2.56. The maximum atomic E-state index is 5.44. The number of nitrogens with one attached hydrogen (secondary N) is 1. The van der Waals surface area contributed by atoms with Gasteiger partial charge in [-0.05, 0) is 25.0 Å². The van der Waals surface area contributed by atoms with Crippen LogP contribution in [0.2, 0.25) is 0 Å². The first kappa shape index (κ1) is 10.8. The molecule has 78 valence electrons. The Hall–Kier alpha value is -1.32. The Kier molecular flexibility index (Phi) is 3.68. The van der Waals surface area contributed by atoms with Gasteiger partial charge in [0.25, 0.3) is 0 Å². The minimum Gasteiger partial charge on any atom is -0.382 e. The van der Waals surface area contributed by atoms with Crippen LogP contribution >= 0.6 is 0 Å². The van der Waals surface area contributed by atoms with Gasteiger partial charge in [-0.15, -0.1) is 10.2 Å². The summed E-state index contributed by atoms with van der Waals surface area (Å²) in [6.07, 6.45) is 1.15. The quantitative estimate of drug-likeness (QED) is 0.768. The summed E-state index contributed by atoms with van der Waals surface area (Å²) in [5.74, 6) is 1.85. The summed E-state index contributed by atoms with van der Waals surface area (Å²) in [7, 11) is 0. The van der Waals surface area contributed by atoms with Gasteiger partial charge in [-0.25, -0.2) is 0 Å². The third kappa shape index (κ3) is 2.87. The Bertz CT molecular complexity index is 270. The van der Waals surface area contributed by atoms with E-state index in [0.717, 1.165) is 12.2 Å². The number of anilines is 2. The molecule has 0 amide bonds. The monoisotopic (exact) mass is 194 g/mol. The first-order valence-electron chi connectivity index (χ1n) is 4.99. The van der Waals surface area contributed by atoms with Crippen molar-refractivity contribution in [2.24, 2.45) is 5.92 Å². The summed E-state index contributed by atoms with van der Waals surface area (Å²) in [6.45, 7) is 6.53. The van der Waals surface area contributed by atoms with E-state index < -0.39 is 0 Å². The topological polar surface area (TPSA) is 63.8 Å². The molecule has 0 radical (unpaired) electrons. The molecule has 1 aromatic rings. The van der Waals surface area contributed by atoms with E-state index in [1.54, 1.807) is 6.07 Å². The Morgan fingerprint density at radius 2 is 2.07 bits per heavy atom. The van der Waals surface area contributed by atoms with E-state index in [0.29, 0.717) is 17.8 Å². The number of hydrogen-bond donors (Lipinski definition) is 2. The molecule has 4 heteroatoms. The lowest BCUT2D eigenvalue weighted by Crippen LogP contribution is -2.23. The molecule has 0 bridgehead atoms. The van der Waals surface area contributed by atoms with Gasteiger partial charge in [-0.3, -0.25) is 0 Å². The molecule has 0 aliphatic rings. The van der Waals surface area contributed by atoms with Gasteiger partial charge in [0, 0.05) is 6.04 Å². The number of rotatable bonds is 4. The summed E-state index contributed by atoms with van der Waals surface area (Å²) in [5, 5.41) is 11.0. The van der Waals surface area contributed by atoms with Crippen molar-refractivity contribution in [2.75, 3.05) is 11.1 Å². The molecule has 0 spiro atoms. The summed E-state index contributed by atoms with van der Waals surface area (Å²) < 4.78 is 0. The standard InChI is InChI=1S/C10H18N4/c1-4-7(2)8(3)12-10-6-5-9(11)13-14-10/h5-8H,4H2,1-3H3,(H2,11,13)(H,12,14). The van der Waals surface area contributed by atoms with E-state index in [-0.39, 0.29) is 0 Å². The van der Waals surface area contributed by atoms with Crippen LogP contribution in [-0.2, 0) is 0 Å². The second-order valence-electron chi connectivity index (χ2n) is 3.66. The molecule has 14 heavy (non-hydrogen) atoms. The van der Waals surface area contributed by atoms with Gasteiger partial charge in [-0.1, -0.05) is 20.3 Å². The van der Waals surface area contributed by atoms with E-state index in [4.69, 9.17) is 5.73 Å². The average molecular weight is 194 g/mol. The van der Waals surface area contributed by atoms with Crippen molar-refractivity contribution in [3.8, 4) is 0 Å². The van der Waals surface area contributed by atoms with Crippen molar-refractivity contribution < 1.29 is 0 Å². The predicted molar refractivity (Wildman–Crippen MR) is 59.0 cm³/mol. The van der Waals surface area contributed by atoms with E-state index >= 15 is 0 Å². The van der Waals surface area contributed by atoms with Crippen LogP contribution in [0.3, 0.4) is 0 Å².